The lowest BCUT2D eigenvalue weighted by atomic mass is 9.78. The second-order valence-corrected chi connectivity index (χ2v) is 5.74. The molecular formula is C14H18F3NO2. The zero-order valence-corrected chi connectivity index (χ0v) is 11.4. The number of rotatable bonds is 3. The minimum atomic E-state index is -4.33. The van der Waals surface area contributed by atoms with E-state index in [-0.39, 0.29) is 6.42 Å². The molecule has 0 radical (unpaired) electrons. The molecule has 0 aromatic heterocycles. The third kappa shape index (κ3) is 3.07. The number of para-hydroxylation sites is 1. The number of hydrogen-bond acceptors (Lipinski definition) is 3. The second-order valence-electron chi connectivity index (χ2n) is 5.74. The fourth-order valence-corrected chi connectivity index (χ4v) is 2.73. The van der Waals surface area contributed by atoms with Crippen LogP contribution >= 0.6 is 0 Å². The molecular weight excluding hydrogens is 271 g/mol. The number of benzene rings is 1. The lowest BCUT2D eigenvalue weighted by molar-refractivity contribution is -0.133. The van der Waals surface area contributed by atoms with E-state index < -0.39 is 30.5 Å². The van der Waals surface area contributed by atoms with Crippen molar-refractivity contribution in [3.05, 3.63) is 29.8 Å². The van der Waals surface area contributed by atoms with Gasteiger partial charge < -0.3 is 9.84 Å². The highest BCUT2D eigenvalue weighted by atomic mass is 19.4. The van der Waals surface area contributed by atoms with Gasteiger partial charge in [-0.15, -0.1) is 0 Å². The quantitative estimate of drug-likeness (QED) is 0.898. The van der Waals surface area contributed by atoms with Crippen LogP contribution in [0.1, 0.15) is 25.8 Å². The van der Waals surface area contributed by atoms with Crippen molar-refractivity contribution in [2.24, 2.45) is 0 Å². The first-order chi connectivity index (χ1) is 9.18. The summed E-state index contributed by atoms with van der Waals surface area (Å²) in [7, 11) is 0. The third-order valence-corrected chi connectivity index (χ3v) is 3.41. The summed E-state index contributed by atoms with van der Waals surface area (Å²) in [5, 5.41) is 12.2. The van der Waals surface area contributed by atoms with Gasteiger partial charge in [-0.05, 0) is 19.9 Å². The summed E-state index contributed by atoms with van der Waals surface area (Å²) in [6, 6.07) is 6.87. The van der Waals surface area contributed by atoms with Gasteiger partial charge in [-0.2, -0.15) is 13.2 Å². The molecule has 0 spiro atoms. The number of fused-ring (bicyclic) bond motifs is 1. The summed E-state index contributed by atoms with van der Waals surface area (Å²) >= 11 is 0. The summed E-state index contributed by atoms with van der Waals surface area (Å²) in [5.41, 5.74) is -1.24. The maximum absolute atomic E-state index is 12.5. The zero-order valence-electron chi connectivity index (χ0n) is 11.4. The fourth-order valence-electron chi connectivity index (χ4n) is 2.73. The van der Waals surface area contributed by atoms with E-state index in [1.54, 1.807) is 38.1 Å². The Morgan fingerprint density at radius 3 is 2.55 bits per heavy atom. The Morgan fingerprint density at radius 2 is 1.95 bits per heavy atom. The van der Waals surface area contributed by atoms with Gasteiger partial charge in [0, 0.05) is 12.0 Å². The van der Waals surface area contributed by atoms with Crippen LogP contribution in [-0.2, 0) is 5.54 Å². The Labute approximate surface area is 115 Å². The summed E-state index contributed by atoms with van der Waals surface area (Å²) in [6.07, 6.45) is -4.08. The van der Waals surface area contributed by atoms with Crippen LogP contribution in [0.3, 0.4) is 0 Å². The highest BCUT2D eigenvalue weighted by Crippen LogP contribution is 2.43. The first kappa shape index (κ1) is 15.1. The van der Waals surface area contributed by atoms with Crippen molar-refractivity contribution in [2.75, 3.05) is 13.2 Å². The van der Waals surface area contributed by atoms with Gasteiger partial charge in [0.1, 0.15) is 11.4 Å². The van der Waals surface area contributed by atoms with Gasteiger partial charge in [-0.25, -0.2) is 0 Å². The highest BCUT2D eigenvalue weighted by molar-refractivity contribution is 5.42. The lowest BCUT2D eigenvalue weighted by Crippen LogP contribution is -2.56. The van der Waals surface area contributed by atoms with Crippen LogP contribution in [0, 0.1) is 0 Å². The van der Waals surface area contributed by atoms with Crippen molar-refractivity contribution < 1.29 is 23.0 Å². The van der Waals surface area contributed by atoms with E-state index in [1.807, 2.05) is 0 Å². The Bertz CT molecular complexity index is 488. The monoisotopic (exact) mass is 289 g/mol. The first-order valence-corrected chi connectivity index (χ1v) is 6.39. The molecule has 0 amide bonds. The van der Waals surface area contributed by atoms with E-state index in [0.717, 1.165) is 0 Å². The molecule has 1 aromatic carbocycles. The summed E-state index contributed by atoms with van der Waals surface area (Å²) in [4.78, 5) is 0. The average Bonchev–Trinajstić information content (AvgIpc) is 2.34. The molecule has 1 aliphatic heterocycles. The lowest BCUT2D eigenvalue weighted by Gasteiger charge is -2.45. The Morgan fingerprint density at radius 1 is 1.30 bits per heavy atom. The van der Waals surface area contributed by atoms with Crippen molar-refractivity contribution in [1.82, 2.24) is 5.32 Å². The van der Waals surface area contributed by atoms with Crippen molar-refractivity contribution in [3.63, 3.8) is 0 Å². The number of aliphatic hydroxyl groups excluding tert-OH is 1. The molecule has 1 aromatic rings. The molecule has 0 bridgehead atoms. The molecule has 0 saturated carbocycles. The predicted octanol–water partition coefficient (Wildman–Crippen LogP) is 2.59. The SMILES string of the molecule is CC1(C)CC(CO)(NCC(F)(F)F)c2ccccc2O1. The molecule has 1 heterocycles. The maximum Gasteiger partial charge on any atom is 0.401 e. The van der Waals surface area contributed by atoms with Crippen LogP contribution in [0.5, 0.6) is 5.75 Å². The van der Waals surface area contributed by atoms with E-state index in [9.17, 15) is 18.3 Å². The van der Waals surface area contributed by atoms with Gasteiger partial charge in [-0.1, -0.05) is 18.2 Å². The smallest absolute Gasteiger partial charge is 0.401 e. The molecule has 2 rings (SSSR count). The number of hydrogen-bond donors (Lipinski definition) is 2. The number of halogens is 3. The number of alkyl halides is 3. The maximum atomic E-state index is 12.5. The third-order valence-electron chi connectivity index (χ3n) is 3.41. The van der Waals surface area contributed by atoms with Gasteiger partial charge >= 0.3 is 6.18 Å². The topological polar surface area (TPSA) is 41.5 Å². The first-order valence-electron chi connectivity index (χ1n) is 6.39. The fraction of sp³-hybridized carbons (Fsp3) is 0.571. The summed E-state index contributed by atoms with van der Waals surface area (Å²) in [6.45, 7) is 2.01. The van der Waals surface area contributed by atoms with Crippen molar-refractivity contribution in [1.29, 1.82) is 0 Å². The van der Waals surface area contributed by atoms with Crippen LogP contribution in [-0.4, -0.2) is 30.0 Å². The average molecular weight is 289 g/mol. The van der Waals surface area contributed by atoms with Crippen molar-refractivity contribution >= 4 is 0 Å². The van der Waals surface area contributed by atoms with E-state index in [1.165, 1.54) is 0 Å². The van der Waals surface area contributed by atoms with Crippen LogP contribution < -0.4 is 10.1 Å². The Balaban J connectivity index is 2.40. The largest absolute Gasteiger partial charge is 0.487 e. The molecule has 0 aliphatic carbocycles. The molecule has 0 saturated heterocycles. The second kappa shape index (κ2) is 4.93. The van der Waals surface area contributed by atoms with Crippen LogP contribution in [0.25, 0.3) is 0 Å². The highest BCUT2D eigenvalue weighted by Gasteiger charge is 2.46. The van der Waals surface area contributed by atoms with E-state index in [0.29, 0.717) is 11.3 Å². The van der Waals surface area contributed by atoms with Crippen molar-refractivity contribution in [2.45, 2.75) is 37.6 Å². The summed E-state index contributed by atoms with van der Waals surface area (Å²) < 4.78 is 43.3. The number of ether oxygens (including phenoxy) is 1. The molecule has 6 heteroatoms. The standard InChI is InChI=1S/C14H18F3NO2/c1-12(2)7-13(9-19,18-8-14(15,16)17)10-5-3-4-6-11(10)20-12/h3-6,18-19H,7-9H2,1-2H3. The van der Waals surface area contributed by atoms with Gasteiger partial charge in [-0.3, -0.25) is 5.32 Å². The Hall–Kier alpha value is -1.27. The van der Waals surface area contributed by atoms with Crippen molar-refractivity contribution in [3.8, 4) is 5.75 Å². The Kier molecular flexibility index (Phi) is 3.73. The minimum Gasteiger partial charge on any atom is -0.487 e. The van der Waals surface area contributed by atoms with Crippen LogP contribution in [0.15, 0.2) is 24.3 Å². The number of aliphatic hydroxyl groups is 1. The van der Waals surface area contributed by atoms with E-state index in [2.05, 4.69) is 5.32 Å². The molecule has 2 N–H and O–H groups in total. The molecule has 1 atom stereocenters. The van der Waals surface area contributed by atoms with Gasteiger partial charge in [0.05, 0.1) is 18.7 Å². The molecule has 0 fully saturated rings. The predicted molar refractivity (Wildman–Crippen MR) is 68.6 cm³/mol. The minimum absolute atomic E-state index is 0.254. The molecule has 3 nitrogen and oxygen atoms in total. The zero-order chi connectivity index (χ0) is 15.0. The van der Waals surface area contributed by atoms with Gasteiger partial charge in [0.2, 0.25) is 0 Å². The van der Waals surface area contributed by atoms with Crippen LogP contribution in [0.2, 0.25) is 0 Å². The van der Waals surface area contributed by atoms with E-state index >= 15 is 0 Å². The van der Waals surface area contributed by atoms with E-state index in [4.69, 9.17) is 4.74 Å². The molecule has 1 aliphatic rings. The van der Waals surface area contributed by atoms with Crippen LogP contribution in [0.4, 0.5) is 13.2 Å². The normalized spacial score (nSPS) is 24.9. The van der Waals surface area contributed by atoms with Gasteiger partial charge in [0.15, 0.2) is 0 Å². The molecule has 1 unspecified atom stereocenters. The number of nitrogens with one attached hydrogen (secondary N) is 1. The molecule has 112 valence electrons. The summed E-state index contributed by atoms with van der Waals surface area (Å²) in [5.74, 6) is 0.507. The molecule has 20 heavy (non-hydrogen) atoms. The van der Waals surface area contributed by atoms with Gasteiger partial charge in [0.25, 0.3) is 0 Å².